The molecule has 2 heterocycles. The van der Waals surface area contributed by atoms with E-state index in [0.717, 1.165) is 60.8 Å². The molecule has 2 aromatic carbocycles. The number of imide groups is 2. The van der Waals surface area contributed by atoms with E-state index >= 15 is 0 Å². The normalized spacial score (nSPS) is 21.3. The molecule has 40 heavy (non-hydrogen) atoms. The van der Waals surface area contributed by atoms with Crippen LogP contribution < -0.4 is 0 Å². The fourth-order valence-corrected chi connectivity index (χ4v) is 6.90. The van der Waals surface area contributed by atoms with Crippen LogP contribution in [0, 0.1) is 0 Å². The topological polar surface area (TPSA) is 74.8 Å². The van der Waals surface area contributed by atoms with Gasteiger partial charge in [-0.2, -0.15) is 0 Å². The molecular formula is C32H28N2O4S2. The Hall–Kier alpha value is -3.62. The second-order valence-electron chi connectivity index (χ2n) is 10.7. The van der Waals surface area contributed by atoms with E-state index in [0.29, 0.717) is 34.0 Å². The van der Waals surface area contributed by atoms with Crippen molar-refractivity contribution in [2.45, 2.75) is 50.4 Å². The van der Waals surface area contributed by atoms with Gasteiger partial charge in [-0.15, -0.1) is 0 Å². The molecule has 2 saturated heterocycles. The Morgan fingerprint density at radius 3 is 1.35 bits per heavy atom. The first kappa shape index (κ1) is 26.6. The summed E-state index contributed by atoms with van der Waals surface area (Å²) in [5.74, 6) is -2.14. The zero-order valence-electron chi connectivity index (χ0n) is 21.9. The van der Waals surface area contributed by atoms with E-state index in [-0.39, 0.29) is 23.6 Å². The van der Waals surface area contributed by atoms with Gasteiger partial charge in [0.15, 0.2) is 0 Å². The zero-order valence-corrected chi connectivity index (χ0v) is 23.6. The summed E-state index contributed by atoms with van der Waals surface area (Å²) in [4.78, 5) is 56.0. The van der Waals surface area contributed by atoms with Crippen LogP contribution in [0.3, 0.4) is 0 Å². The number of piperidine rings is 2. The summed E-state index contributed by atoms with van der Waals surface area (Å²) in [6.45, 7) is 0.760. The van der Waals surface area contributed by atoms with Gasteiger partial charge in [-0.1, -0.05) is 98.6 Å². The minimum atomic E-state index is -0.553. The molecule has 202 valence electrons. The summed E-state index contributed by atoms with van der Waals surface area (Å²) in [6.07, 6.45) is 8.71. The maximum absolute atomic E-state index is 13.2. The third kappa shape index (κ3) is 4.39. The van der Waals surface area contributed by atoms with E-state index in [4.69, 9.17) is 24.4 Å². The van der Waals surface area contributed by atoms with Gasteiger partial charge in [0, 0.05) is 22.8 Å². The third-order valence-corrected chi connectivity index (χ3v) is 9.17. The van der Waals surface area contributed by atoms with Crippen LogP contribution in [0.5, 0.6) is 0 Å². The van der Waals surface area contributed by atoms with Gasteiger partial charge in [-0.3, -0.25) is 29.0 Å². The Balaban J connectivity index is 0.966. The number of hydrogen-bond donors (Lipinski definition) is 0. The molecule has 4 bridgehead atoms. The summed E-state index contributed by atoms with van der Waals surface area (Å²) in [5.41, 5.74) is 4.44. The SMILES string of the molecule is O=C1C2=Cc3ccccc3C(C(=O)N1CCCCCCCCN1C(=O)C3=Cc4ccccc4C(C1=O)C3=S)C2=S. The number of amides is 4. The highest BCUT2D eigenvalue weighted by Crippen LogP contribution is 2.39. The lowest BCUT2D eigenvalue weighted by molar-refractivity contribution is -0.145. The Morgan fingerprint density at radius 2 is 0.925 bits per heavy atom. The number of benzene rings is 2. The Morgan fingerprint density at radius 1 is 0.550 bits per heavy atom. The van der Waals surface area contributed by atoms with E-state index in [9.17, 15) is 19.2 Å². The van der Waals surface area contributed by atoms with Crippen molar-refractivity contribution in [2.75, 3.05) is 13.1 Å². The van der Waals surface area contributed by atoms with E-state index in [1.54, 1.807) is 0 Å². The number of thiocarbonyl (C=S) groups is 2. The number of rotatable bonds is 9. The van der Waals surface area contributed by atoms with Gasteiger partial charge in [0.1, 0.15) is 11.8 Å². The summed E-state index contributed by atoms with van der Waals surface area (Å²) >= 11 is 11.0. The van der Waals surface area contributed by atoms with Crippen molar-refractivity contribution >= 4 is 69.9 Å². The highest BCUT2D eigenvalue weighted by Gasteiger charge is 2.46. The quantitative estimate of drug-likeness (QED) is 0.236. The van der Waals surface area contributed by atoms with Crippen molar-refractivity contribution in [3.8, 4) is 0 Å². The van der Waals surface area contributed by atoms with Crippen molar-refractivity contribution in [2.24, 2.45) is 0 Å². The molecule has 2 atom stereocenters. The molecule has 2 aliphatic carbocycles. The fraction of sp³-hybridized carbons (Fsp3) is 0.312. The average molecular weight is 569 g/mol. The van der Waals surface area contributed by atoms with E-state index in [2.05, 4.69) is 0 Å². The molecule has 8 heteroatoms. The molecule has 2 aliphatic heterocycles. The van der Waals surface area contributed by atoms with Gasteiger partial charge >= 0.3 is 0 Å². The Labute approximate surface area is 243 Å². The first-order valence-corrected chi connectivity index (χ1v) is 14.6. The number of carbonyl (C=O) groups is 4. The lowest BCUT2D eigenvalue weighted by Crippen LogP contribution is -2.50. The predicted molar refractivity (Wildman–Crippen MR) is 161 cm³/mol. The summed E-state index contributed by atoms with van der Waals surface area (Å²) in [6, 6.07) is 15.2. The van der Waals surface area contributed by atoms with Crippen LogP contribution in [0.1, 0.15) is 72.6 Å². The molecule has 6 nitrogen and oxygen atoms in total. The average Bonchev–Trinajstić information content (AvgIpc) is 2.95. The largest absolute Gasteiger partial charge is 0.278 e. The monoisotopic (exact) mass is 568 g/mol. The van der Waals surface area contributed by atoms with E-state index < -0.39 is 11.8 Å². The van der Waals surface area contributed by atoms with Crippen LogP contribution in [-0.2, 0) is 19.2 Å². The first-order valence-electron chi connectivity index (χ1n) is 13.8. The number of unbranched alkanes of at least 4 members (excludes halogenated alkanes) is 5. The molecule has 2 fully saturated rings. The van der Waals surface area contributed by atoms with E-state index in [1.807, 2.05) is 60.7 Å². The Bertz CT molecular complexity index is 1440. The molecule has 6 rings (SSSR count). The molecular weight excluding hydrogens is 540 g/mol. The second kappa shape index (κ2) is 10.7. The number of likely N-dealkylation sites (tertiary alicyclic amines) is 2. The van der Waals surface area contributed by atoms with Crippen LogP contribution in [0.25, 0.3) is 12.2 Å². The third-order valence-electron chi connectivity index (χ3n) is 8.26. The molecule has 2 unspecified atom stereocenters. The van der Waals surface area contributed by atoms with Crippen molar-refractivity contribution in [1.82, 2.24) is 9.80 Å². The maximum Gasteiger partial charge on any atom is 0.261 e. The van der Waals surface area contributed by atoms with Crippen molar-refractivity contribution in [3.63, 3.8) is 0 Å². The highest BCUT2D eigenvalue weighted by molar-refractivity contribution is 7.81. The van der Waals surface area contributed by atoms with Gasteiger partial charge in [0.05, 0.1) is 11.1 Å². The Kier molecular flexibility index (Phi) is 7.15. The van der Waals surface area contributed by atoms with Gasteiger partial charge < -0.3 is 0 Å². The minimum absolute atomic E-state index is 0.225. The summed E-state index contributed by atoms with van der Waals surface area (Å²) in [5, 5.41) is 0. The predicted octanol–water partition coefficient (Wildman–Crippen LogP) is 5.17. The lowest BCUT2D eigenvalue weighted by atomic mass is 9.79. The molecule has 0 saturated carbocycles. The highest BCUT2D eigenvalue weighted by atomic mass is 32.1. The van der Waals surface area contributed by atoms with Crippen molar-refractivity contribution in [3.05, 3.63) is 81.9 Å². The van der Waals surface area contributed by atoms with Crippen LogP contribution in [0.4, 0.5) is 0 Å². The molecule has 0 radical (unpaired) electrons. The zero-order chi connectivity index (χ0) is 28.0. The fourth-order valence-electron chi connectivity index (χ4n) is 6.15. The van der Waals surface area contributed by atoms with Crippen LogP contribution in [-0.4, -0.2) is 56.2 Å². The van der Waals surface area contributed by atoms with Gasteiger partial charge in [-0.25, -0.2) is 0 Å². The smallest absolute Gasteiger partial charge is 0.261 e. The second-order valence-corrected chi connectivity index (χ2v) is 11.6. The minimum Gasteiger partial charge on any atom is -0.278 e. The van der Waals surface area contributed by atoms with E-state index in [1.165, 1.54) is 9.80 Å². The van der Waals surface area contributed by atoms with Gasteiger partial charge in [-0.05, 0) is 47.2 Å². The van der Waals surface area contributed by atoms with Crippen LogP contribution >= 0.6 is 24.4 Å². The summed E-state index contributed by atoms with van der Waals surface area (Å²) < 4.78 is 0. The van der Waals surface area contributed by atoms with Crippen LogP contribution in [0.2, 0.25) is 0 Å². The number of nitrogens with zero attached hydrogens (tertiary/aromatic N) is 2. The molecule has 0 N–H and O–H groups in total. The summed E-state index contributed by atoms with van der Waals surface area (Å²) in [7, 11) is 0. The van der Waals surface area contributed by atoms with Gasteiger partial charge in [0.25, 0.3) is 11.8 Å². The van der Waals surface area contributed by atoms with Gasteiger partial charge in [0.2, 0.25) is 11.8 Å². The lowest BCUT2D eigenvalue weighted by Gasteiger charge is -2.36. The number of carbonyl (C=O) groups excluding carboxylic acids is 4. The van der Waals surface area contributed by atoms with Crippen molar-refractivity contribution < 1.29 is 19.2 Å². The molecule has 0 aromatic heterocycles. The van der Waals surface area contributed by atoms with Crippen molar-refractivity contribution in [1.29, 1.82) is 0 Å². The number of hydrogen-bond acceptors (Lipinski definition) is 6. The maximum atomic E-state index is 13.2. The van der Waals surface area contributed by atoms with Crippen LogP contribution in [0.15, 0.2) is 59.7 Å². The molecule has 4 amide bonds. The number of fused-ring (bicyclic) bond motifs is 8. The first-order chi connectivity index (χ1) is 19.4. The standard InChI is InChI=1S/C32H28N2O4S2/c35-29-23-17-19-11-5-7-13-21(19)25(27(23)39)31(37)33(29)15-9-3-1-2-4-10-16-34-30(36)24-18-20-12-6-8-14-22(20)26(28(24)40)32(34)38/h5-8,11-14,17-18,25-26H,1-4,9-10,15-16H2. The molecule has 2 aromatic rings. The molecule has 0 spiro atoms. The molecule has 4 aliphatic rings.